The Hall–Kier alpha value is -1.40. The van der Waals surface area contributed by atoms with Gasteiger partial charge in [-0.1, -0.05) is 0 Å². The predicted octanol–water partition coefficient (Wildman–Crippen LogP) is 4.03. The van der Waals surface area contributed by atoms with Gasteiger partial charge in [-0.05, 0) is 75.3 Å². The van der Waals surface area contributed by atoms with E-state index in [4.69, 9.17) is 0 Å². The highest BCUT2D eigenvalue weighted by Crippen LogP contribution is 2.38. The average molecular weight is 415 g/mol. The van der Waals surface area contributed by atoms with E-state index in [9.17, 15) is 4.79 Å². The molecule has 0 bridgehead atoms. The molecule has 0 radical (unpaired) electrons. The molecule has 3 aliphatic heterocycles. The summed E-state index contributed by atoms with van der Waals surface area (Å²) >= 11 is 2.03. The van der Waals surface area contributed by atoms with Crippen LogP contribution in [0.3, 0.4) is 0 Å². The predicted molar refractivity (Wildman–Crippen MR) is 122 cm³/mol. The second-order valence-corrected chi connectivity index (χ2v) is 10.4. The lowest BCUT2D eigenvalue weighted by molar-refractivity contribution is 0.0315. The number of nitrogens with one attached hydrogen (secondary N) is 1. The molecule has 1 aromatic carbocycles. The zero-order valence-electron chi connectivity index (χ0n) is 17.6. The molecule has 0 aromatic heterocycles. The number of hydrogen-bond donors (Lipinski definition) is 1. The van der Waals surface area contributed by atoms with Crippen LogP contribution in [0.2, 0.25) is 0 Å². The van der Waals surface area contributed by atoms with Crippen LogP contribution in [-0.2, 0) is 0 Å². The van der Waals surface area contributed by atoms with Gasteiger partial charge in [0.05, 0.1) is 0 Å². The summed E-state index contributed by atoms with van der Waals surface area (Å²) in [5, 5.41) is 3.18. The van der Waals surface area contributed by atoms with Gasteiger partial charge in [-0.3, -0.25) is 4.90 Å². The number of rotatable bonds is 3. The van der Waals surface area contributed by atoms with Crippen LogP contribution in [0.25, 0.3) is 0 Å². The molecule has 0 spiro atoms. The number of hydrogen-bond acceptors (Lipinski definition) is 4. The first-order valence-corrected chi connectivity index (χ1v) is 12.6. The number of carbonyl (C=O) groups is 1. The Morgan fingerprint density at radius 1 is 1.07 bits per heavy atom. The molecule has 3 heterocycles. The molecular weight excluding hydrogens is 380 g/mol. The fraction of sp³-hybridized carbons (Fsp3) is 0.696. The zero-order valence-corrected chi connectivity index (χ0v) is 18.4. The van der Waals surface area contributed by atoms with Gasteiger partial charge in [0.1, 0.15) is 0 Å². The summed E-state index contributed by atoms with van der Waals surface area (Å²) in [7, 11) is 0. The van der Waals surface area contributed by atoms with E-state index >= 15 is 0 Å². The van der Waals surface area contributed by atoms with E-state index in [0.717, 1.165) is 44.3 Å². The molecule has 1 saturated carbocycles. The third-order valence-corrected chi connectivity index (χ3v) is 8.16. The van der Waals surface area contributed by atoms with Crippen molar-refractivity contribution in [2.24, 2.45) is 5.92 Å². The summed E-state index contributed by atoms with van der Waals surface area (Å²) in [5.74, 6) is 3.06. The largest absolute Gasteiger partial charge is 0.370 e. The number of fused-ring (bicyclic) bond motifs is 1. The number of carbonyl (C=O) groups excluding carboxylic acids is 1. The molecule has 4 aliphatic rings. The van der Waals surface area contributed by atoms with Crippen LogP contribution in [0.4, 0.5) is 16.2 Å². The highest BCUT2D eigenvalue weighted by atomic mass is 32.2. The standard InChI is InChI=1S/C23H34N4OS/c1-17-15-19(4-7-21(17)25-11-13-29-14-12-25)24-23(28)26-10-8-22-18(16-26)3-2-9-27(22)20-5-6-20/h4,7,15,18,20,22H,2-3,5-6,8-14,16H2,1H3,(H,24,28). The highest BCUT2D eigenvalue weighted by Gasteiger charge is 2.42. The monoisotopic (exact) mass is 414 g/mol. The van der Waals surface area contributed by atoms with Crippen LogP contribution in [0.5, 0.6) is 0 Å². The number of nitrogens with zero attached hydrogens (tertiary/aromatic N) is 3. The van der Waals surface area contributed by atoms with Crippen LogP contribution >= 0.6 is 11.8 Å². The van der Waals surface area contributed by atoms with E-state index in [-0.39, 0.29) is 6.03 Å². The summed E-state index contributed by atoms with van der Waals surface area (Å²) in [4.78, 5) is 20.3. The minimum Gasteiger partial charge on any atom is -0.370 e. The molecule has 2 atom stereocenters. The summed E-state index contributed by atoms with van der Waals surface area (Å²) in [5.41, 5.74) is 3.49. The topological polar surface area (TPSA) is 38.8 Å². The van der Waals surface area contributed by atoms with Gasteiger partial charge in [0.25, 0.3) is 0 Å². The Kier molecular flexibility index (Phi) is 5.65. The molecule has 3 saturated heterocycles. The van der Waals surface area contributed by atoms with E-state index < -0.39 is 0 Å². The molecule has 2 amide bonds. The van der Waals surface area contributed by atoms with Crippen molar-refractivity contribution < 1.29 is 4.79 Å². The van der Waals surface area contributed by atoms with Gasteiger partial charge in [0.2, 0.25) is 0 Å². The number of aryl methyl sites for hydroxylation is 1. The maximum atomic E-state index is 13.0. The lowest BCUT2D eigenvalue weighted by atomic mass is 9.84. The van der Waals surface area contributed by atoms with Crippen molar-refractivity contribution in [2.45, 2.75) is 51.1 Å². The fourth-order valence-electron chi connectivity index (χ4n) is 5.58. The molecule has 29 heavy (non-hydrogen) atoms. The fourth-order valence-corrected chi connectivity index (χ4v) is 6.48. The van der Waals surface area contributed by atoms with Crippen LogP contribution in [0.1, 0.15) is 37.7 Å². The van der Waals surface area contributed by atoms with Crippen LogP contribution in [0.15, 0.2) is 18.2 Å². The number of likely N-dealkylation sites (tertiary alicyclic amines) is 2. The average Bonchev–Trinajstić information content (AvgIpc) is 3.59. The normalized spacial score (nSPS) is 28.2. The van der Waals surface area contributed by atoms with Gasteiger partial charge in [0, 0.05) is 61.1 Å². The van der Waals surface area contributed by atoms with Crippen LogP contribution < -0.4 is 10.2 Å². The van der Waals surface area contributed by atoms with Crippen molar-refractivity contribution in [3.05, 3.63) is 23.8 Å². The minimum atomic E-state index is 0.0773. The third kappa shape index (κ3) is 4.24. The lowest BCUT2D eigenvalue weighted by Crippen LogP contribution is -2.56. The van der Waals surface area contributed by atoms with Crippen LogP contribution in [0, 0.1) is 12.8 Å². The molecule has 158 valence electrons. The van der Waals surface area contributed by atoms with Gasteiger partial charge in [0.15, 0.2) is 0 Å². The number of piperidine rings is 2. The van der Waals surface area contributed by atoms with Gasteiger partial charge in [-0.2, -0.15) is 11.8 Å². The Morgan fingerprint density at radius 2 is 1.90 bits per heavy atom. The van der Waals surface area contributed by atoms with E-state index in [1.165, 1.54) is 55.0 Å². The lowest BCUT2D eigenvalue weighted by Gasteiger charge is -2.47. The van der Waals surface area contributed by atoms with Gasteiger partial charge in [-0.25, -0.2) is 4.79 Å². The molecule has 1 aromatic rings. The Balaban J connectivity index is 1.20. The summed E-state index contributed by atoms with van der Waals surface area (Å²) < 4.78 is 0. The van der Waals surface area contributed by atoms with Crippen molar-refractivity contribution in [1.29, 1.82) is 0 Å². The maximum absolute atomic E-state index is 13.0. The molecule has 4 fully saturated rings. The number of thioether (sulfide) groups is 1. The molecular formula is C23H34N4OS. The molecule has 1 aliphatic carbocycles. The summed E-state index contributed by atoms with van der Waals surface area (Å²) in [6, 6.07) is 8.03. The Labute approximate surface area is 179 Å². The zero-order chi connectivity index (χ0) is 19.8. The molecule has 1 N–H and O–H groups in total. The number of amides is 2. The van der Waals surface area contributed by atoms with Crippen molar-refractivity contribution in [2.75, 3.05) is 54.4 Å². The van der Waals surface area contributed by atoms with E-state index in [2.05, 4.69) is 45.1 Å². The second-order valence-electron chi connectivity index (χ2n) is 9.20. The molecule has 2 unspecified atom stereocenters. The number of urea groups is 1. The quantitative estimate of drug-likeness (QED) is 0.811. The van der Waals surface area contributed by atoms with E-state index in [1.54, 1.807) is 0 Å². The Morgan fingerprint density at radius 3 is 2.66 bits per heavy atom. The smallest absolute Gasteiger partial charge is 0.321 e. The summed E-state index contributed by atoms with van der Waals surface area (Å²) in [6.07, 6.45) is 6.49. The molecule has 6 heteroatoms. The second kappa shape index (κ2) is 8.38. The maximum Gasteiger partial charge on any atom is 0.321 e. The third-order valence-electron chi connectivity index (χ3n) is 7.21. The van der Waals surface area contributed by atoms with Gasteiger partial charge < -0.3 is 15.1 Å². The van der Waals surface area contributed by atoms with Gasteiger partial charge >= 0.3 is 6.03 Å². The minimum absolute atomic E-state index is 0.0773. The first-order valence-electron chi connectivity index (χ1n) is 11.4. The summed E-state index contributed by atoms with van der Waals surface area (Å²) in [6.45, 7) is 7.48. The highest BCUT2D eigenvalue weighted by molar-refractivity contribution is 7.99. The number of anilines is 2. The first-order chi connectivity index (χ1) is 14.2. The van der Waals surface area contributed by atoms with Crippen molar-refractivity contribution >= 4 is 29.2 Å². The van der Waals surface area contributed by atoms with E-state index in [1.807, 2.05) is 11.8 Å². The first kappa shape index (κ1) is 19.6. The van der Waals surface area contributed by atoms with Gasteiger partial charge in [-0.15, -0.1) is 0 Å². The van der Waals surface area contributed by atoms with Crippen molar-refractivity contribution in [1.82, 2.24) is 9.80 Å². The SMILES string of the molecule is Cc1cc(NC(=O)N2CCC3C(CCCN3C3CC3)C2)ccc1N1CCSCC1. The molecule has 5 nitrogen and oxygen atoms in total. The Bertz CT molecular complexity index is 746. The van der Waals surface area contributed by atoms with E-state index in [0.29, 0.717) is 12.0 Å². The molecule has 5 rings (SSSR count). The number of benzene rings is 1. The van der Waals surface area contributed by atoms with Crippen molar-refractivity contribution in [3.63, 3.8) is 0 Å². The van der Waals surface area contributed by atoms with Crippen LogP contribution in [-0.4, -0.2) is 72.1 Å². The van der Waals surface area contributed by atoms with Crippen molar-refractivity contribution in [3.8, 4) is 0 Å².